The molecule has 0 amide bonds. The Morgan fingerprint density at radius 1 is 1.11 bits per heavy atom. The second-order valence-electron chi connectivity index (χ2n) is 5.46. The minimum atomic E-state index is 0.906. The monoisotopic (exact) mass is 328 g/mol. The van der Waals surface area contributed by atoms with Crippen LogP contribution in [0.4, 0.5) is 0 Å². The molecule has 1 saturated heterocycles. The Balaban J connectivity index is 1.47. The Morgan fingerprint density at radius 3 is 2.44 bits per heavy atom. The van der Waals surface area contributed by atoms with Crippen LogP contribution in [0.3, 0.4) is 0 Å². The molecule has 2 heterocycles. The van der Waals surface area contributed by atoms with Crippen molar-refractivity contribution < 1.29 is 0 Å². The highest BCUT2D eigenvalue weighted by Gasteiger charge is 2.26. The zero-order valence-electron chi connectivity index (χ0n) is 10.8. The Kier molecular flexibility index (Phi) is 4.39. The van der Waals surface area contributed by atoms with E-state index in [9.17, 15) is 0 Å². The van der Waals surface area contributed by atoms with Crippen LogP contribution in [0.1, 0.15) is 30.6 Å². The Morgan fingerprint density at radius 2 is 1.83 bits per heavy atom. The number of thiophene rings is 1. The van der Waals surface area contributed by atoms with Crippen LogP contribution in [0.15, 0.2) is 15.9 Å². The second kappa shape index (κ2) is 6.04. The van der Waals surface area contributed by atoms with E-state index in [0.717, 1.165) is 12.6 Å². The fourth-order valence-corrected chi connectivity index (χ4v) is 4.74. The van der Waals surface area contributed by atoms with Gasteiger partial charge < -0.3 is 0 Å². The summed E-state index contributed by atoms with van der Waals surface area (Å²) in [4.78, 5) is 6.81. The number of halogens is 1. The molecule has 1 aromatic rings. The van der Waals surface area contributed by atoms with Crippen LogP contribution in [-0.2, 0) is 6.54 Å². The van der Waals surface area contributed by atoms with E-state index in [1.54, 1.807) is 0 Å². The average molecular weight is 329 g/mol. The molecule has 1 aliphatic carbocycles. The third-order valence-corrected chi connectivity index (χ3v) is 5.86. The fourth-order valence-electron chi connectivity index (χ4n) is 3.21. The third-order valence-electron chi connectivity index (χ3n) is 4.26. The van der Waals surface area contributed by atoms with Crippen molar-refractivity contribution in [2.45, 2.75) is 38.3 Å². The van der Waals surface area contributed by atoms with Gasteiger partial charge in [-0.15, -0.1) is 11.3 Å². The van der Waals surface area contributed by atoms with Crippen molar-refractivity contribution in [2.24, 2.45) is 0 Å². The lowest BCUT2D eigenvalue weighted by atomic mass is 10.2. The highest BCUT2D eigenvalue weighted by molar-refractivity contribution is 9.11. The molecule has 0 bridgehead atoms. The van der Waals surface area contributed by atoms with Crippen LogP contribution in [0.2, 0.25) is 0 Å². The van der Waals surface area contributed by atoms with Crippen molar-refractivity contribution in [1.29, 1.82) is 0 Å². The van der Waals surface area contributed by atoms with E-state index in [4.69, 9.17) is 0 Å². The van der Waals surface area contributed by atoms with Crippen LogP contribution in [0, 0.1) is 0 Å². The van der Waals surface area contributed by atoms with E-state index >= 15 is 0 Å². The summed E-state index contributed by atoms with van der Waals surface area (Å²) in [6.45, 7) is 6.17. The maximum atomic E-state index is 3.54. The zero-order valence-corrected chi connectivity index (χ0v) is 13.2. The van der Waals surface area contributed by atoms with Gasteiger partial charge in [-0.2, -0.15) is 0 Å². The highest BCUT2D eigenvalue weighted by Crippen LogP contribution is 2.26. The molecule has 4 heteroatoms. The van der Waals surface area contributed by atoms with E-state index < -0.39 is 0 Å². The smallest absolute Gasteiger partial charge is 0.0701 e. The lowest BCUT2D eigenvalue weighted by Gasteiger charge is -2.37. The standard InChI is InChI=1S/C14H21BrN2S/c15-14-6-5-13(18-14)11-16-7-9-17(10-8-16)12-3-1-2-4-12/h5-6,12H,1-4,7-11H2. The molecule has 0 aromatic carbocycles. The van der Waals surface area contributed by atoms with Crippen LogP contribution in [-0.4, -0.2) is 42.0 Å². The molecule has 3 rings (SSSR count). The molecule has 2 fully saturated rings. The summed E-state index contributed by atoms with van der Waals surface area (Å²) in [6, 6.07) is 5.32. The average Bonchev–Trinajstić information content (AvgIpc) is 3.02. The van der Waals surface area contributed by atoms with E-state index in [-0.39, 0.29) is 0 Å². The molecule has 2 aliphatic rings. The van der Waals surface area contributed by atoms with Crippen molar-refractivity contribution >= 4 is 27.3 Å². The summed E-state index contributed by atoms with van der Waals surface area (Å²) in [6.07, 6.45) is 5.79. The maximum Gasteiger partial charge on any atom is 0.0701 e. The summed E-state index contributed by atoms with van der Waals surface area (Å²) in [7, 11) is 0. The van der Waals surface area contributed by atoms with Crippen molar-refractivity contribution in [3.05, 3.63) is 20.8 Å². The minimum Gasteiger partial charge on any atom is -0.298 e. The molecular formula is C14H21BrN2S. The summed E-state index contributed by atoms with van der Waals surface area (Å²) >= 11 is 5.41. The number of hydrogen-bond donors (Lipinski definition) is 0. The number of hydrogen-bond acceptors (Lipinski definition) is 3. The van der Waals surface area contributed by atoms with Gasteiger partial charge in [0, 0.05) is 43.6 Å². The van der Waals surface area contributed by atoms with Gasteiger partial charge in [0.15, 0.2) is 0 Å². The first-order valence-corrected chi connectivity index (χ1v) is 8.63. The molecule has 100 valence electrons. The van der Waals surface area contributed by atoms with Crippen LogP contribution >= 0.6 is 27.3 Å². The van der Waals surface area contributed by atoms with Crippen LogP contribution in [0.25, 0.3) is 0 Å². The summed E-state index contributed by atoms with van der Waals surface area (Å²) in [5.74, 6) is 0. The molecule has 1 aliphatic heterocycles. The van der Waals surface area contributed by atoms with Crippen molar-refractivity contribution in [1.82, 2.24) is 9.80 Å². The van der Waals surface area contributed by atoms with Gasteiger partial charge in [0.2, 0.25) is 0 Å². The quantitative estimate of drug-likeness (QED) is 0.836. The summed E-state index contributed by atoms with van der Waals surface area (Å²) < 4.78 is 1.25. The molecule has 0 atom stereocenters. The molecule has 1 saturated carbocycles. The highest BCUT2D eigenvalue weighted by atomic mass is 79.9. The van der Waals surface area contributed by atoms with Crippen LogP contribution < -0.4 is 0 Å². The Labute approximate surface area is 122 Å². The zero-order chi connectivity index (χ0) is 12.4. The van der Waals surface area contributed by atoms with Gasteiger partial charge in [-0.05, 0) is 40.9 Å². The largest absolute Gasteiger partial charge is 0.298 e. The van der Waals surface area contributed by atoms with E-state index in [2.05, 4.69) is 37.9 Å². The van der Waals surface area contributed by atoms with Crippen LogP contribution in [0.5, 0.6) is 0 Å². The number of nitrogens with zero attached hydrogens (tertiary/aromatic N) is 2. The van der Waals surface area contributed by atoms with Gasteiger partial charge in [-0.3, -0.25) is 9.80 Å². The summed E-state index contributed by atoms with van der Waals surface area (Å²) in [5, 5.41) is 0. The molecule has 0 unspecified atom stereocenters. The fraction of sp³-hybridized carbons (Fsp3) is 0.714. The van der Waals surface area contributed by atoms with Crippen molar-refractivity contribution in [3.63, 3.8) is 0 Å². The lowest BCUT2D eigenvalue weighted by molar-refractivity contribution is 0.0943. The Bertz CT molecular complexity index is 379. The predicted molar refractivity (Wildman–Crippen MR) is 81.1 cm³/mol. The molecular weight excluding hydrogens is 308 g/mol. The SMILES string of the molecule is Brc1ccc(CN2CCN(C3CCCC3)CC2)s1. The third kappa shape index (κ3) is 3.16. The van der Waals surface area contributed by atoms with Gasteiger partial charge in [-0.25, -0.2) is 0 Å². The molecule has 0 spiro atoms. The van der Waals surface area contributed by atoms with Gasteiger partial charge in [0.25, 0.3) is 0 Å². The topological polar surface area (TPSA) is 6.48 Å². The number of rotatable bonds is 3. The van der Waals surface area contributed by atoms with E-state index in [1.807, 2.05) is 11.3 Å². The van der Waals surface area contributed by atoms with Gasteiger partial charge in [0.1, 0.15) is 0 Å². The minimum absolute atomic E-state index is 0.906. The van der Waals surface area contributed by atoms with E-state index in [1.165, 1.54) is 60.5 Å². The first-order valence-electron chi connectivity index (χ1n) is 7.02. The maximum absolute atomic E-state index is 3.54. The van der Waals surface area contributed by atoms with Crippen molar-refractivity contribution in [3.8, 4) is 0 Å². The first-order chi connectivity index (χ1) is 8.81. The molecule has 2 nitrogen and oxygen atoms in total. The van der Waals surface area contributed by atoms with E-state index in [0.29, 0.717) is 0 Å². The Hall–Kier alpha value is 0.1000. The lowest BCUT2D eigenvalue weighted by Crippen LogP contribution is -2.49. The van der Waals surface area contributed by atoms with Gasteiger partial charge in [0.05, 0.1) is 3.79 Å². The molecule has 1 aromatic heterocycles. The second-order valence-corrected chi connectivity index (χ2v) is 8.00. The normalized spacial score (nSPS) is 23.8. The van der Waals surface area contributed by atoms with Gasteiger partial charge in [-0.1, -0.05) is 12.8 Å². The van der Waals surface area contributed by atoms with Gasteiger partial charge >= 0.3 is 0 Å². The van der Waals surface area contributed by atoms with Crippen molar-refractivity contribution in [2.75, 3.05) is 26.2 Å². The number of piperazine rings is 1. The first kappa shape index (κ1) is 13.1. The molecule has 18 heavy (non-hydrogen) atoms. The molecule has 0 radical (unpaired) electrons. The summed E-state index contributed by atoms with van der Waals surface area (Å²) in [5.41, 5.74) is 0. The predicted octanol–water partition coefficient (Wildman–Crippen LogP) is 3.57. The molecule has 0 N–H and O–H groups in total.